The van der Waals surface area contributed by atoms with Crippen molar-refractivity contribution in [3.63, 3.8) is 0 Å². The van der Waals surface area contributed by atoms with Crippen LogP contribution in [0.15, 0.2) is 48.5 Å². The molecule has 0 fully saturated rings. The summed E-state index contributed by atoms with van der Waals surface area (Å²) in [7, 11) is 3.69. The second-order valence-corrected chi connectivity index (χ2v) is 4.49. The molecule has 1 N–H and O–H groups in total. The minimum absolute atomic E-state index is 0.0587. The van der Waals surface area contributed by atoms with Gasteiger partial charge in [0, 0.05) is 24.8 Å². The van der Waals surface area contributed by atoms with Crippen LogP contribution >= 0.6 is 0 Å². The van der Waals surface area contributed by atoms with Gasteiger partial charge in [-0.25, -0.2) is 0 Å². The highest BCUT2D eigenvalue weighted by Gasteiger charge is 2.06. The highest BCUT2D eigenvalue weighted by atomic mass is 16.5. The van der Waals surface area contributed by atoms with Crippen LogP contribution in [0.1, 0.15) is 11.1 Å². The lowest BCUT2D eigenvalue weighted by Gasteiger charge is -2.22. The molecule has 19 heavy (non-hydrogen) atoms. The topological polar surface area (TPSA) is 32.7 Å². The normalized spacial score (nSPS) is 10.3. The third-order valence-corrected chi connectivity index (χ3v) is 3.15. The van der Waals surface area contributed by atoms with Crippen LogP contribution in [-0.4, -0.2) is 19.3 Å². The minimum atomic E-state index is 0.0587. The zero-order valence-electron chi connectivity index (χ0n) is 11.3. The largest absolute Gasteiger partial charge is 0.497 e. The number of para-hydroxylation sites is 1. The molecule has 0 radical (unpaired) electrons. The van der Waals surface area contributed by atoms with Crippen LogP contribution in [-0.2, 0) is 13.2 Å². The summed E-state index contributed by atoms with van der Waals surface area (Å²) in [4.78, 5) is 2.13. The van der Waals surface area contributed by atoms with Gasteiger partial charge in [-0.1, -0.05) is 30.3 Å². The molecular formula is C16H19NO2. The van der Waals surface area contributed by atoms with Crippen LogP contribution < -0.4 is 9.64 Å². The average molecular weight is 257 g/mol. The lowest BCUT2D eigenvalue weighted by Crippen LogP contribution is -2.17. The number of nitrogens with zero attached hydrogens (tertiary/aromatic N) is 1. The molecule has 3 heteroatoms. The first-order valence-electron chi connectivity index (χ1n) is 6.27. The van der Waals surface area contributed by atoms with Gasteiger partial charge in [0.15, 0.2) is 0 Å². The van der Waals surface area contributed by atoms with Crippen LogP contribution in [0.4, 0.5) is 5.69 Å². The fourth-order valence-electron chi connectivity index (χ4n) is 2.11. The molecule has 0 bridgehead atoms. The molecule has 2 aromatic rings. The number of aliphatic hydroxyl groups excluding tert-OH is 1. The third kappa shape index (κ3) is 3.26. The molecule has 0 spiro atoms. The van der Waals surface area contributed by atoms with Crippen molar-refractivity contribution in [2.24, 2.45) is 0 Å². The van der Waals surface area contributed by atoms with E-state index >= 15 is 0 Å². The maximum absolute atomic E-state index is 9.36. The first-order valence-corrected chi connectivity index (χ1v) is 6.27. The molecule has 0 saturated carbocycles. The van der Waals surface area contributed by atoms with E-state index in [-0.39, 0.29) is 6.61 Å². The lowest BCUT2D eigenvalue weighted by atomic mass is 10.1. The molecule has 2 aromatic carbocycles. The predicted molar refractivity (Wildman–Crippen MR) is 77.5 cm³/mol. The summed E-state index contributed by atoms with van der Waals surface area (Å²) in [6.07, 6.45) is 0. The van der Waals surface area contributed by atoms with Gasteiger partial charge in [-0.3, -0.25) is 0 Å². The Bertz CT molecular complexity index is 523. The molecule has 0 atom stereocenters. The van der Waals surface area contributed by atoms with E-state index in [1.165, 1.54) is 5.56 Å². The molecule has 0 amide bonds. The number of rotatable bonds is 5. The summed E-state index contributed by atoms with van der Waals surface area (Å²) in [5.41, 5.74) is 3.20. The fraction of sp³-hybridized carbons (Fsp3) is 0.250. The zero-order chi connectivity index (χ0) is 13.7. The van der Waals surface area contributed by atoms with E-state index < -0.39 is 0 Å². The Morgan fingerprint density at radius 1 is 1.05 bits per heavy atom. The first kappa shape index (κ1) is 13.4. The molecular weight excluding hydrogens is 238 g/mol. The number of methoxy groups -OCH3 is 1. The summed E-state index contributed by atoms with van der Waals surface area (Å²) in [6, 6.07) is 15.9. The van der Waals surface area contributed by atoms with Crippen molar-refractivity contribution in [2.45, 2.75) is 13.2 Å². The van der Waals surface area contributed by atoms with Crippen molar-refractivity contribution in [3.8, 4) is 5.75 Å². The quantitative estimate of drug-likeness (QED) is 0.894. The summed E-state index contributed by atoms with van der Waals surface area (Å²) in [5.74, 6) is 0.863. The molecule has 0 unspecified atom stereocenters. The van der Waals surface area contributed by atoms with Gasteiger partial charge in [-0.05, 0) is 23.8 Å². The molecule has 0 aliphatic rings. The summed E-state index contributed by atoms with van der Waals surface area (Å²) < 4.78 is 5.15. The van der Waals surface area contributed by atoms with Gasteiger partial charge in [0.25, 0.3) is 0 Å². The molecule has 3 nitrogen and oxygen atoms in total. The lowest BCUT2D eigenvalue weighted by molar-refractivity contribution is 0.282. The SMILES string of the molecule is COc1ccc(CN(C)c2ccccc2CO)cc1. The van der Waals surface area contributed by atoms with Crippen LogP contribution in [0.5, 0.6) is 5.75 Å². The first-order chi connectivity index (χ1) is 9.24. The number of hydrogen-bond acceptors (Lipinski definition) is 3. The van der Waals surface area contributed by atoms with Crippen molar-refractivity contribution in [1.82, 2.24) is 0 Å². The van der Waals surface area contributed by atoms with Crippen molar-refractivity contribution < 1.29 is 9.84 Å². The third-order valence-electron chi connectivity index (χ3n) is 3.15. The standard InChI is InChI=1S/C16H19NO2/c1-17(16-6-4-3-5-14(16)12-18)11-13-7-9-15(19-2)10-8-13/h3-10,18H,11-12H2,1-2H3. The minimum Gasteiger partial charge on any atom is -0.497 e. The Labute approximate surface area is 114 Å². The Morgan fingerprint density at radius 3 is 2.37 bits per heavy atom. The monoisotopic (exact) mass is 257 g/mol. The van der Waals surface area contributed by atoms with E-state index in [1.54, 1.807) is 7.11 Å². The predicted octanol–water partition coefficient (Wildman–Crippen LogP) is 2.82. The molecule has 2 rings (SSSR count). The maximum atomic E-state index is 9.36. The highest BCUT2D eigenvalue weighted by Crippen LogP contribution is 2.21. The molecule has 0 aliphatic heterocycles. The second kappa shape index (κ2) is 6.25. The number of aliphatic hydroxyl groups is 1. The van der Waals surface area contributed by atoms with Crippen molar-refractivity contribution >= 4 is 5.69 Å². The number of benzene rings is 2. The Morgan fingerprint density at radius 2 is 1.74 bits per heavy atom. The molecule has 0 aromatic heterocycles. The number of hydrogen-bond donors (Lipinski definition) is 1. The van der Waals surface area contributed by atoms with E-state index in [0.717, 1.165) is 23.5 Å². The van der Waals surface area contributed by atoms with Gasteiger partial charge in [-0.15, -0.1) is 0 Å². The smallest absolute Gasteiger partial charge is 0.118 e. The van der Waals surface area contributed by atoms with Gasteiger partial charge in [0.05, 0.1) is 13.7 Å². The van der Waals surface area contributed by atoms with E-state index in [1.807, 2.05) is 43.4 Å². The number of ether oxygens (including phenoxy) is 1. The molecule has 0 saturated heterocycles. The Balaban J connectivity index is 2.13. The van der Waals surface area contributed by atoms with E-state index in [0.29, 0.717) is 0 Å². The molecule has 0 heterocycles. The van der Waals surface area contributed by atoms with Gasteiger partial charge >= 0.3 is 0 Å². The van der Waals surface area contributed by atoms with E-state index in [4.69, 9.17) is 4.74 Å². The van der Waals surface area contributed by atoms with Gasteiger partial charge in [-0.2, -0.15) is 0 Å². The highest BCUT2D eigenvalue weighted by molar-refractivity contribution is 5.53. The van der Waals surface area contributed by atoms with Crippen LogP contribution in [0.3, 0.4) is 0 Å². The van der Waals surface area contributed by atoms with Crippen LogP contribution in [0, 0.1) is 0 Å². The summed E-state index contributed by atoms with van der Waals surface area (Å²) in [6.45, 7) is 0.851. The number of anilines is 1. The summed E-state index contributed by atoms with van der Waals surface area (Å²) in [5, 5.41) is 9.36. The molecule has 100 valence electrons. The van der Waals surface area contributed by atoms with Crippen molar-refractivity contribution in [1.29, 1.82) is 0 Å². The van der Waals surface area contributed by atoms with Crippen LogP contribution in [0.2, 0.25) is 0 Å². The van der Waals surface area contributed by atoms with Crippen molar-refractivity contribution in [3.05, 3.63) is 59.7 Å². The Hall–Kier alpha value is -2.00. The van der Waals surface area contributed by atoms with Gasteiger partial charge < -0.3 is 14.7 Å². The van der Waals surface area contributed by atoms with Crippen LogP contribution in [0.25, 0.3) is 0 Å². The van der Waals surface area contributed by atoms with Gasteiger partial charge in [0.1, 0.15) is 5.75 Å². The van der Waals surface area contributed by atoms with E-state index in [9.17, 15) is 5.11 Å². The summed E-state index contributed by atoms with van der Waals surface area (Å²) >= 11 is 0. The van der Waals surface area contributed by atoms with Crippen molar-refractivity contribution in [2.75, 3.05) is 19.1 Å². The molecule has 0 aliphatic carbocycles. The zero-order valence-corrected chi connectivity index (χ0v) is 11.3. The fourth-order valence-corrected chi connectivity index (χ4v) is 2.11. The van der Waals surface area contributed by atoms with Gasteiger partial charge in [0.2, 0.25) is 0 Å². The maximum Gasteiger partial charge on any atom is 0.118 e. The average Bonchev–Trinajstić information content (AvgIpc) is 2.48. The second-order valence-electron chi connectivity index (χ2n) is 4.49. The van der Waals surface area contributed by atoms with E-state index in [2.05, 4.69) is 17.0 Å². The Kier molecular flexibility index (Phi) is 4.42.